The van der Waals surface area contributed by atoms with E-state index in [1.807, 2.05) is 0 Å². The predicted molar refractivity (Wildman–Crippen MR) is 62.5 cm³/mol. The number of aliphatic hydroxyl groups is 1. The molecule has 0 aliphatic carbocycles. The first-order chi connectivity index (χ1) is 8.05. The van der Waals surface area contributed by atoms with E-state index in [2.05, 4.69) is 0 Å². The molecule has 0 unspecified atom stereocenters. The summed E-state index contributed by atoms with van der Waals surface area (Å²) in [5.74, 6) is 0.758. The highest BCUT2D eigenvalue weighted by Gasteiger charge is 2.22. The van der Waals surface area contributed by atoms with Gasteiger partial charge < -0.3 is 9.84 Å². The number of ether oxygens (including phenoxy) is 1. The molecule has 0 radical (unpaired) electrons. The Morgan fingerprint density at radius 2 is 2.24 bits per heavy atom. The number of benzene rings is 1. The smallest absolute Gasteiger partial charge is 0.242 e. The lowest BCUT2D eigenvalue weighted by atomic mass is 10.2. The molecule has 1 aliphatic heterocycles. The van der Waals surface area contributed by atoms with Crippen LogP contribution in [0.15, 0.2) is 23.1 Å². The first kappa shape index (κ1) is 12.3. The number of fused-ring (bicyclic) bond motifs is 1. The van der Waals surface area contributed by atoms with Crippen molar-refractivity contribution in [2.75, 3.05) is 26.8 Å². The molecule has 1 aromatic carbocycles. The van der Waals surface area contributed by atoms with Crippen LogP contribution in [0.1, 0.15) is 5.56 Å². The lowest BCUT2D eigenvalue weighted by molar-refractivity contribution is 0.266. The van der Waals surface area contributed by atoms with Gasteiger partial charge in [0, 0.05) is 20.0 Å². The van der Waals surface area contributed by atoms with Crippen molar-refractivity contribution < 1.29 is 18.3 Å². The number of sulfonamides is 1. The van der Waals surface area contributed by atoms with Crippen LogP contribution in [0.25, 0.3) is 0 Å². The normalized spacial score (nSPS) is 14.8. The average molecular weight is 257 g/mol. The van der Waals surface area contributed by atoms with E-state index >= 15 is 0 Å². The molecular weight excluding hydrogens is 242 g/mol. The number of likely N-dealkylation sites (N-methyl/N-ethyl adjacent to an activating group) is 1. The molecule has 0 saturated carbocycles. The van der Waals surface area contributed by atoms with Crippen LogP contribution in [0.5, 0.6) is 5.75 Å². The minimum absolute atomic E-state index is 0.0932. The van der Waals surface area contributed by atoms with Gasteiger partial charge in [0.15, 0.2) is 0 Å². The molecule has 0 saturated heterocycles. The lowest BCUT2D eigenvalue weighted by Gasteiger charge is -2.16. The number of nitrogens with zero attached hydrogens (tertiary/aromatic N) is 1. The van der Waals surface area contributed by atoms with Crippen LogP contribution in [-0.2, 0) is 16.4 Å². The number of aliphatic hydroxyl groups excluding tert-OH is 1. The van der Waals surface area contributed by atoms with E-state index in [1.54, 1.807) is 12.1 Å². The maximum Gasteiger partial charge on any atom is 0.242 e. The molecule has 0 aromatic heterocycles. The lowest BCUT2D eigenvalue weighted by Crippen LogP contribution is -2.29. The van der Waals surface area contributed by atoms with Crippen molar-refractivity contribution in [3.8, 4) is 5.75 Å². The summed E-state index contributed by atoms with van der Waals surface area (Å²) in [7, 11) is -2.05. The maximum absolute atomic E-state index is 12.1. The molecular formula is C11H15NO4S. The zero-order valence-electron chi connectivity index (χ0n) is 9.59. The SMILES string of the molecule is CN(CCO)S(=O)(=O)c1ccc2c(c1)CCO2. The summed E-state index contributed by atoms with van der Waals surface area (Å²) < 4.78 is 30.7. The molecule has 6 heteroatoms. The van der Waals surface area contributed by atoms with Gasteiger partial charge in [-0.05, 0) is 23.8 Å². The van der Waals surface area contributed by atoms with Crippen LogP contribution in [0.4, 0.5) is 0 Å². The van der Waals surface area contributed by atoms with Gasteiger partial charge in [-0.1, -0.05) is 0 Å². The Morgan fingerprint density at radius 3 is 2.94 bits per heavy atom. The number of rotatable bonds is 4. The molecule has 0 spiro atoms. The molecule has 1 heterocycles. The van der Waals surface area contributed by atoms with E-state index in [9.17, 15) is 8.42 Å². The Kier molecular flexibility index (Phi) is 3.37. The summed E-state index contributed by atoms with van der Waals surface area (Å²) in [6.07, 6.45) is 0.738. The number of hydrogen-bond acceptors (Lipinski definition) is 4. The Hall–Kier alpha value is -1.11. The van der Waals surface area contributed by atoms with Crippen molar-refractivity contribution in [3.63, 3.8) is 0 Å². The fourth-order valence-corrected chi connectivity index (χ4v) is 2.98. The van der Waals surface area contributed by atoms with E-state index in [0.717, 1.165) is 22.0 Å². The van der Waals surface area contributed by atoms with Gasteiger partial charge in [0.05, 0.1) is 18.1 Å². The van der Waals surface area contributed by atoms with Crippen LogP contribution < -0.4 is 4.74 Å². The van der Waals surface area contributed by atoms with Gasteiger partial charge in [-0.2, -0.15) is 4.31 Å². The minimum Gasteiger partial charge on any atom is -0.493 e. The highest BCUT2D eigenvalue weighted by molar-refractivity contribution is 7.89. The third-order valence-corrected chi connectivity index (χ3v) is 4.64. The van der Waals surface area contributed by atoms with E-state index in [1.165, 1.54) is 13.1 Å². The Bertz CT molecular complexity index is 512. The van der Waals surface area contributed by atoms with Crippen molar-refractivity contribution >= 4 is 10.0 Å². The molecule has 0 bridgehead atoms. The van der Waals surface area contributed by atoms with Crippen LogP contribution >= 0.6 is 0 Å². The summed E-state index contributed by atoms with van der Waals surface area (Å²) in [5.41, 5.74) is 0.920. The highest BCUT2D eigenvalue weighted by Crippen LogP contribution is 2.28. The van der Waals surface area contributed by atoms with Gasteiger partial charge >= 0.3 is 0 Å². The first-order valence-corrected chi connectivity index (χ1v) is 6.82. The third-order valence-electron chi connectivity index (χ3n) is 2.78. The van der Waals surface area contributed by atoms with Crippen LogP contribution in [0.2, 0.25) is 0 Å². The molecule has 5 nitrogen and oxygen atoms in total. The summed E-state index contributed by atoms with van der Waals surface area (Å²) in [6, 6.07) is 4.86. The Labute approximate surface area is 101 Å². The van der Waals surface area contributed by atoms with E-state index in [0.29, 0.717) is 6.61 Å². The van der Waals surface area contributed by atoms with Crippen LogP contribution in [0.3, 0.4) is 0 Å². The summed E-state index contributed by atoms with van der Waals surface area (Å²) in [6.45, 7) is 0.505. The van der Waals surface area contributed by atoms with Gasteiger partial charge in [-0.25, -0.2) is 8.42 Å². The molecule has 0 fully saturated rings. The van der Waals surface area contributed by atoms with Gasteiger partial charge in [0.25, 0.3) is 0 Å². The van der Waals surface area contributed by atoms with Gasteiger partial charge in [-0.15, -0.1) is 0 Å². The summed E-state index contributed by atoms with van der Waals surface area (Å²) >= 11 is 0. The molecule has 94 valence electrons. The average Bonchev–Trinajstić information content (AvgIpc) is 2.76. The number of hydrogen-bond donors (Lipinski definition) is 1. The maximum atomic E-state index is 12.1. The Morgan fingerprint density at radius 1 is 1.47 bits per heavy atom. The van der Waals surface area contributed by atoms with E-state index in [-0.39, 0.29) is 18.0 Å². The van der Waals surface area contributed by atoms with Crippen molar-refractivity contribution in [2.45, 2.75) is 11.3 Å². The van der Waals surface area contributed by atoms with Gasteiger partial charge in [0.1, 0.15) is 5.75 Å². The fourth-order valence-electron chi connectivity index (χ4n) is 1.76. The molecule has 2 rings (SSSR count). The van der Waals surface area contributed by atoms with Gasteiger partial charge in [0.2, 0.25) is 10.0 Å². The zero-order chi connectivity index (χ0) is 12.5. The summed E-state index contributed by atoms with van der Waals surface area (Å²) in [4.78, 5) is 0.248. The highest BCUT2D eigenvalue weighted by atomic mass is 32.2. The third kappa shape index (κ3) is 2.29. The van der Waals surface area contributed by atoms with Crippen LogP contribution in [-0.4, -0.2) is 44.6 Å². The fraction of sp³-hybridized carbons (Fsp3) is 0.455. The van der Waals surface area contributed by atoms with Crippen molar-refractivity contribution in [3.05, 3.63) is 23.8 Å². The summed E-state index contributed by atoms with van der Waals surface area (Å²) in [5, 5.41) is 8.78. The van der Waals surface area contributed by atoms with Crippen molar-refractivity contribution in [1.29, 1.82) is 0 Å². The molecule has 1 aliphatic rings. The molecule has 0 amide bonds. The molecule has 0 atom stereocenters. The standard InChI is InChI=1S/C11H15NO4S/c1-12(5-6-13)17(14,15)10-2-3-11-9(8-10)4-7-16-11/h2-3,8,13H,4-7H2,1H3. The zero-order valence-corrected chi connectivity index (χ0v) is 10.4. The van der Waals surface area contributed by atoms with Crippen LogP contribution in [0, 0.1) is 0 Å². The van der Waals surface area contributed by atoms with E-state index < -0.39 is 10.0 Å². The first-order valence-electron chi connectivity index (χ1n) is 5.38. The minimum atomic E-state index is -3.50. The largest absolute Gasteiger partial charge is 0.493 e. The quantitative estimate of drug-likeness (QED) is 0.838. The topological polar surface area (TPSA) is 66.8 Å². The van der Waals surface area contributed by atoms with Crippen molar-refractivity contribution in [2.24, 2.45) is 0 Å². The second kappa shape index (κ2) is 4.64. The van der Waals surface area contributed by atoms with E-state index in [4.69, 9.17) is 9.84 Å². The second-order valence-electron chi connectivity index (χ2n) is 3.92. The second-order valence-corrected chi connectivity index (χ2v) is 5.96. The Balaban J connectivity index is 2.34. The predicted octanol–water partition coefficient (Wildman–Crippen LogP) is 0.234. The van der Waals surface area contributed by atoms with Crippen molar-refractivity contribution in [1.82, 2.24) is 4.31 Å². The van der Waals surface area contributed by atoms with Gasteiger partial charge in [-0.3, -0.25) is 0 Å². The molecule has 1 aromatic rings. The molecule has 1 N–H and O–H groups in total. The monoisotopic (exact) mass is 257 g/mol. The molecule has 17 heavy (non-hydrogen) atoms.